The van der Waals surface area contributed by atoms with Crippen LogP contribution in [-0.2, 0) is 4.74 Å². The van der Waals surface area contributed by atoms with E-state index in [1.807, 2.05) is 31.5 Å². The Morgan fingerprint density at radius 3 is 2.60 bits per heavy atom. The average Bonchev–Trinajstić information content (AvgIpc) is 3.34. The largest absolute Gasteiger partial charge is 0.497 e. The van der Waals surface area contributed by atoms with Crippen LogP contribution in [-0.4, -0.2) is 62.4 Å². The Balaban J connectivity index is 1.45. The van der Waals surface area contributed by atoms with Crippen LogP contribution in [0.3, 0.4) is 0 Å². The van der Waals surface area contributed by atoms with E-state index in [9.17, 15) is 9.59 Å². The Morgan fingerprint density at radius 1 is 1.10 bits per heavy atom. The topological polar surface area (TPSA) is 137 Å². The Hall–Kier alpha value is -4.67. The lowest BCUT2D eigenvalue weighted by atomic mass is 10.1. The van der Waals surface area contributed by atoms with Gasteiger partial charge in [-0.25, -0.2) is 19.4 Å². The molecule has 3 heterocycles. The van der Waals surface area contributed by atoms with E-state index < -0.39 is 5.60 Å². The van der Waals surface area contributed by atoms with E-state index in [1.165, 1.54) is 6.33 Å². The number of piperidine rings is 1. The molecule has 1 aliphatic heterocycles. The Labute approximate surface area is 232 Å². The zero-order valence-electron chi connectivity index (χ0n) is 23.0. The molecule has 0 bridgehead atoms. The predicted octanol–water partition coefficient (Wildman–Crippen LogP) is 4.91. The second-order valence-corrected chi connectivity index (χ2v) is 10.7. The van der Waals surface area contributed by atoms with Gasteiger partial charge >= 0.3 is 6.09 Å². The van der Waals surface area contributed by atoms with Crippen molar-refractivity contribution < 1.29 is 19.1 Å². The highest BCUT2D eigenvalue weighted by Crippen LogP contribution is 2.34. The fourth-order valence-corrected chi connectivity index (χ4v) is 4.78. The van der Waals surface area contributed by atoms with E-state index >= 15 is 0 Å². The molecule has 40 heavy (non-hydrogen) atoms. The molecule has 2 amide bonds. The Bertz CT molecular complexity index is 1540. The molecule has 0 saturated carbocycles. The number of anilines is 2. The fourth-order valence-electron chi connectivity index (χ4n) is 4.78. The standard InChI is InChI=1S/C29H33N7O4/c1-29(2,3)40-28(38)35-14-6-9-21(16-35)36-26-23(25(30)31-17-32-26)24(34-36)18-7-5-8-19(15-18)27(37)33-20-10-12-22(39-4)13-11-20/h5,7-8,10-13,15,17,21H,6,9,14,16H2,1-4H3,(H,33,37)(H2,30,31,32)/t21-/m1/s1. The van der Waals surface area contributed by atoms with Crippen molar-refractivity contribution in [2.24, 2.45) is 0 Å². The second-order valence-electron chi connectivity index (χ2n) is 10.7. The number of aromatic nitrogens is 4. The second kappa shape index (κ2) is 10.8. The van der Waals surface area contributed by atoms with Crippen LogP contribution in [0, 0.1) is 0 Å². The van der Waals surface area contributed by atoms with Crippen LogP contribution < -0.4 is 15.8 Å². The summed E-state index contributed by atoms with van der Waals surface area (Å²) in [6.07, 6.45) is 2.66. The molecule has 11 nitrogen and oxygen atoms in total. The molecule has 1 atom stereocenters. The molecule has 2 aromatic carbocycles. The van der Waals surface area contributed by atoms with Gasteiger partial charge in [0.15, 0.2) is 5.65 Å². The summed E-state index contributed by atoms with van der Waals surface area (Å²) in [6.45, 7) is 6.60. The van der Waals surface area contributed by atoms with Crippen molar-refractivity contribution in [3.63, 3.8) is 0 Å². The molecular weight excluding hydrogens is 510 g/mol. The van der Waals surface area contributed by atoms with Gasteiger partial charge in [0.1, 0.15) is 29.2 Å². The average molecular weight is 544 g/mol. The first-order valence-corrected chi connectivity index (χ1v) is 13.2. The quantitative estimate of drug-likeness (QED) is 0.362. The lowest BCUT2D eigenvalue weighted by Crippen LogP contribution is -2.43. The van der Waals surface area contributed by atoms with Gasteiger partial charge in [0.2, 0.25) is 0 Å². The molecule has 11 heteroatoms. The lowest BCUT2D eigenvalue weighted by molar-refractivity contribution is 0.0169. The van der Waals surface area contributed by atoms with Crippen molar-refractivity contribution in [2.45, 2.75) is 45.3 Å². The SMILES string of the molecule is COc1ccc(NC(=O)c2cccc(-c3nn([C@@H]4CCCN(C(=O)OC(C)(C)C)C4)c4ncnc(N)c34)c2)cc1. The number of likely N-dealkylation sites (tertiary alicyclic amines) is 1. The van der Waals surface area contributed by atoms with E-state index in [0.717, 1.165) is 12.8 Å². The summed E-state index contributed by atoms with van der Waals surface area (Å²) in [4.78, 5) is 36.3. The van der Waals surface area contributed by atoms with Crippen molar-refractivity contribution in [1.29, 1.82) is 0 Å². The number of ether oxygens (including phenoxy) is 2. The summed E-state index contributed by atoms with van der Waals surface area (Å²) < 4.78 is 12.6. The van der Waals surface area contributed by atoms with E-state index in [2.05, 4.69) is 15.3 Å². The van der Waals surface area contributed by atoms with E-state index in [-0.39, 0.29) is 18.0 Å². The number of hydrogen-bond donors (Lipinski definition) is 2. The number of nitrogens with one attached hydrogen (secondary N) is 1. The number of methoxy groups -OCH3 is 1. The normalized spacial score (nSPS) is 15.6. The minimum absolute atomic E-state index is 0.131. The van der Waals surface area contributed by atoms with Gasteiger partial charge in [0, 0.05) is 29.9 Å². The lowest BCUT2D eigenvalue weighted by Gasteiger charge is -2.34. The summed E-state index contributed by atoms with van der Waals surface area (Å²) in [7, 11) is 1.59. The molecule has 5 rings (SSSR count). The number of nitrogens with two attached hydrogens (primary N) is 1. The number of amides is 2. The molecule has 4 aromatic rings. The van der Waals surface area contributed by atoms with Gasteiger partial charge in [0.25, 0.3) is 5.91 Å². The molecule has 2 aromatic heterocycles. The summed E-state index contributed by atoms with van der Waals surface area (Å²) in [5.41, 5.74) is 8.70. The zero-order chi connectivity index (χ0) is 28.4. The van der Waals surface area contributed by atoms with E-state index in [0.29, 0.717) is 58.2 Å². The number of nitrogens with zero attached hydrogens (tertiary/aromatic N) is 5. The molecule has 0 radical (unpaired) electrons. The maximum Gasteiger partial charge on any atom is 0.410 e. The molecule has 1 fully saturated rings. The maximum absolute atomic E-state index is 13.1. The molecule has 0 aliphatic carbocycles. The first-order valence-electron chi connectivity index (χ1n) is 13.2. The number of benzene rings is 2. The van der Waals surface area contributed by atoms with Crippen LogP contribution >= 0.6 is 0 Å². The highest BCUT2D eigenvalue weighted by atomic mass is 16.6. The summed E-state index contributed by atoms with van der Waals surface area (Å²) in [6, 6.07) is 14.2. The third-order valence-electron chi connectivity index (χ3n) is 6.66. The van der Waals surface area contributed by atoms with Crippen LogP contribution in [0.2, 0.25) is 0 Å². The number of nitrogen functional groups attached to an aromatic ring is 1. The fraction of sp³-hybridized carbons (Fsp3) is 0.345. The van der Waals surface area contributed by atoms with Gasteiger partial charge < -0.3 is 25.4 Å². The first kappa shape index (κ1) is 26.9. The van der Waals surface area contributed by atoms with Crippen molar-refractivity contribution >= 4 is 34.5 Å². The number of fused-ring (bicyclic) bond motifs is 1. The van der Waals surface area contributed by atoms with Gasteiger partial charge in [0.05, 0.1) is 18.5 Å². The van der Waals surface area contributed by atoms with Gasteiger partial charge in [-0.05, 0) is 70.0 Å². The molecule has 1 saturated heterocycles. The third-order valence-corrected chi connectivity index (χ3v) is 6.66. The molecule has 3 N–H and O–H groups in total. The molecular formula is C29H33N7O4. The number of rotatable bonds is 5. The van der Waals surface area contributed by atoms with E-state index in [4.69, 9.17) is 20.3 Å². The number of carbonyl (C=O) groups is 2. The number of carbonyl (C=O) groups excluding carboxylic acids is 2. The molecule has 208 valence electrons. The van der Waals surface area contributed by atoms with Crippen molar-refractivity contribution in [3.8, 4) is 17.0 Å². The van der Waals surface area contributed by atoms with Crippen LogP contribution in [0.25, 0.3) is 22.3 Å². The van der Waals surface area contributed by atoms with Gasteiger partial charge in [-0.15, -0.1) is 0 Å². The molecule has 0 unspecified atom stereocenters. The Morgan fingerprint density at radius 2 is 1.88 bits per heavy atom. The van der Waals surface area contributed by atoms with Crippen LogP contribution in [0.15, 0.2) is 54.9 Å². The van der Waals surface area contributed by atoms with Gasteiger partial charge in [-0.2, -0.15) is 5.10 Å². The minimum Gasteiger partial charge on any atom is -0.497 e. The van der Waals surface area contributed by atoms with Crippen LogP contribution in [0.1, 0.15) is 50.0 Å². The smallest absolute Gasteiger partial charge is 0.410 e. The van der Waals surface area contributed by atoms with Gasteiger partial charge in [-0.3, -0.25) is 4.79 Å². The highest BCUT2D eigenvalue weighted by Gasteiger charge is 2.31. The van der Waals surface area contributed by atoms with Crippen LogP contribution in [0.5, 0.6) is 5.75 Å². The van der Waals surface area contributed by atoms with Crippen molar-refractivity contribution in [2.75, 3.05) is 31.2 Å². The minimum atomic E-state index is -0.581. The summed E-state index contributed by atoms with van der Waals surface area (Å²) >= 11 is 0. The van der Waals surface area contributed by atoms with Gasteiger partial charge in [-0.1, -0.05) is 12.1 Å². The van der Waals surface area contributed by atoms with Crippen molar-refractivity contribution in [1.82, 2.24) is 24.6 Å². The summed E-state index contributed by atoms with van der Waals surface area (Å²) in [5.74, 6) is 0.730. The molecule has 0 spiro atoms. The molecule has 1 aliphatic rings. The maximum atomic E-state index is 13.1. The zero-order valence-corrected chi connectivity index (χ0v) is 23.0. The number of hydrogen-bond acceptors (Lipinski definition) is 8. The summed E-state index contributed by atoms with van der Waals surface area (Å²) in [5, 5.41) is 8.43. The van der Waals surface area contributed by atoms with Crippen LogP contribution in [0.4, 0.5) is 16.3 Å². The third kappa shape index (κ3) is 5.68. The van der Waals surface area contributed by atoms with E-state index in [1.54, 1.807) is 54.5 Å². The monoisotopic (exact) mass is 543 g/mol. The Kier molecular flexibility index (Phi) is 7.29. The predicted molar refractivity (Wildman–Crippen MR) is 152 cm³/mol. The van der Waals surface area contributed by atoms with Crippen molar-refractivity contribution in [3.05, 3.63) is 60.4 Å². The highest BCUT2D eigenvalue weighted by molar-refractivity contribution is 6.06. The first-order chi connectivity index (χ1) is 19.1.